The lowest BCUT2D eigenvalue weighted by atomic mass is 10.1. The van der Waals surface area contributed by atoms with Gasteiger partial charge in [-0.1, -0.05) is 19.1 Å². The molecule has 0 aliphatic rings. The summed E-state index contributed by atoms with van der Waals surface area (Å²) in [6, 6.07) is 5.27. The van der Waals surface area contributed by atoms with E-state index in [1.165, 1.54) is 0 Å². The highest BCUT2D eigenvalue weighted by molar-refractivity contribution is 14.1. The lowest BCUT2D eigenvalue weighted by Gasteiger charge is -2.06. The zero-order valence-electron chi connectivity index (χ0n) is 6.63. The Bertz CT molecular complexity index is 307. The first kappa shape index (κ1) is 9.51. The highest BCUT2D eigenvalue weighted by atomic mass is 127. The van der Waals surface area contributed by atoms with Crippen LogP contribution in [0, 0.1) is 3.57 Å². The summed E-state index contributed by atoms with van der Waals surface area (Å²) in [4.78, 5) is 10.5. The lowest BCUT2D eigenvalue weighted by molar-refractivity contribution is -0.255. The highest BCUT2D eigenvalue weighted by Gasteiger charge is 2.00. The molecule has 1 aromatic rings. The van der Waals surface area contributed by atoms with Crippen LogP contribution >= 0.6 is 22.6 Å². The summed E-state index contributed by atoms with van der Waals surface area (Å²) >= 11 is 2.00. The fourth-order valence-corrected chi connectivity index (χ4v) is 1.74. The third-order valence-electron chi connectivity index (χ3n) is 1.66. The second-order valence-electron chi connectivity index (χ2n) is 2.46. The molecule has 64 valence electrons. The molecule has 0 radical (unpaired) electrons. The standard InChI is InChI=1S/C9H9IO2/c1-2-6-3-4-7(9(11)12)8(10)5-6/h3-5H,2H2,1H3,(H,11,12)/p-1. The van der Waals surface area contributed by atoms with Crippen LogP contribution in [0.2, 0.25) is 0 Å². The van der Waals surface area contributed by atoms with Gasteiger partial charge in [0.15, 0.2) is 0 Å². The number of carbonyl (C=O) groups excluding carboxylic acids is 1. The number of benzene rings is 1. The fraction of sp³-hybridized carbons (Fsp3) is 0.222. The number of carboxylic acid groups (broad SMARTS) is 1. The summed E-state index contributed by atoms with van der Waals surface area (Å²) < 4.78 is 0.743. The number of carbonyl (C=O) groups is 1. The molecule has 1 aromatic carbocycles. The van der Waals surface area contributed by atoms with Gasteiger partial charge in [0, 0.05) is 9.13 Å². The molecule has 0 aromatic heterocycles. The van der Waals surface area contributed by atoms with E-state index in [1.54, 1.807) is 6.07 Å². The van der Waals surface area contributed by atoms with Crippen molar-refractivity contribution < 1.29 is 9.90 Å². The molecule has 0 amide bonds. The zero-order chi connectivity index (χ0) is 9.14. The third kappa shape index (κ3) is 1.97. The van der Waals surface area contributed by atoms with Gasteiger partial charge in [0.05, 0.1) is 5.97 Å². The van der Waals surface area contributed by atoms with E-state index in [0.717, 1.165) is 15.6 Å². The van der Waals surface area contributed by atoms with Crippen molar-refractivity contribution in [3.63, 3.8) is 0 Å². The molecule has 0 N–H and O–H groups in total. The van der Waals surface area contributed by atoms with E-state index in [2.05, 4.69) is 0 Å². The number of rotatable bonds is 2. The molecule has 0 unspecified atom stereocenters. The van der Waals surface area contributed by atoms with E-state index in [1.807, 2.05) is 41.6 Å². The summed E-state index contributed by atoms with van der Waals surface area (Å²) in [6.45, 7) is 2.03. The minimum absolute atomic E-state index is 0.271. The Morgan fingerprint density at radius 3 is 2.67 bits per heavy atom. The molecule has 0 bridgehead atoms. The van der Waals surface area contributed by atoms with Gasteiger partial charge in [-0.15, -0.1) is 0 Å². The minimum atomic E-state index is -1.11. The lowest BCUT2D eigenvalue weighted by Crippen LogP contribution is -2.23. The number of carboxylic acids is 1. The molecule has 2 nitrogen and oxygen atoms in total. The molecule has 0 aliphatic heterocycles. The Balaban J connectivity index is 3.12. The van der Waals surface area contributed by atoms with Crippen molar-refractivity contribution >= 4 is 28.6 Å². The van der Waals surface area contributed by atoms with Crippen LogP contribution in [0.4, 0.5) is 0 Å². The number of halogens is 1. The van der Waals surface area contributed by atoms with Crippen molar-refractivity contribution in [3.8, 4) is 0 Å². The average molecular weight is 275 g/mol. The molecule has 0 heterocycles. The van der Waals surface area contributed by atoms with Crippen molar-refractivity contribution in [1.82, 2.24) is 0 Å². The van der Waals surface area contributed by atoms with Gasteiger partial charge in [0.2, 0.25) is 0 Å². The van der Waals surface area contributed by atoms with Crippen LogP contribution in [0.5, 0.6) is 0 Å². The molecule has 12 heavy (non-hydrogen) atoms. The maximum atomic E-state index is 10.5. The molecule has 0 spiro atoms. The minimum Gasteiger partial charge on any atom is -0.545 e. The van der Waals surface area contributed by atoms with E-state index in [9.17, 15) is 9.90 Å². The summed E-state index contributed by atoms with van der Waals surface area (Å²) in [7, 11) is 0. The van der Waals surface area contributed by atoms with Gasteiger partial charge < -0.3 is 9.90 Å². The van der Waals surface area contributed by atoms with Gasteiger partial charge >= 0.3 is 0 Å². The van der Waals surface area contributed by atoms with Crippen LogP contribution in [0.1, 0.15) is 22.8 Å². The van der Waals surface area contributed by atoms with Crippen LogP contribution in [-0.2, 0) is 6.42 Å². The Hall–Kier alpha value is -0.580. The molecular weight excluding hydrogens is 267 g/mol. The quantitative estimate of drug-likeness (QED) is 0.761. The smallest absolute Gasteiger partial charge is 0.0725 e. The first-order chi connectivity index (χ1) is 5.65. The summed E-state index contributed by atoms with van der Waals surface area (Å²) in [5.41, 5.74) is 1.41. The Kier molecular flexibility index (Phi) is 3.08. The van der Waals surface area contributed by atoms with E-state index in [4.69, 9.17) is 0 Å². The fourth-order valence-electron chi connectivity index (χ4n) is 0.944. The van der Waals surface area contributed by atoms with Crippen LogP contribution in [-0.4, -0.2) is 5.97 Å². The van der Waals surface area contributed by atoms with E-state index < -0.39 is 5.97 Å². The second-order valence-corrected chi connectivity index (χ2v) is 3.62. The SMILES string of the molecule is CCc1ccc(C(=O)[O-])c(I)c1. The number of aryl methyl sites for hydroxylation is 1. The van der Waals surface area contributed by atoms with Gasteiger partial charge in [0.25, 0.3) is 0 Å². The highest BCUT2D eigenvalue weighted by Crippen LogP contribution is 2.14. The molecule has 0 aliphatic carbocycles. The van der Waals surface area contributed by atoms with Gasteiger partial charge in [-0.05, 0) is 40.6 Å². The van der Waals surface area contributed by atoms with E-state index in [0.29, 0.717) is 0 Å². The zero-order valence-corrected chi connectivity index (χ0v) is 8.79. The molecule has 1 rings (SSSR count). The van der Waals surface area contributed by atoms with Gasteiger partial charge in [-0.3, -0.25) is 0 Å². The van der Waals surface area contributed by atoms with Gasteiger partial charge in [-0.25, -0.2) is 0 Å². The second kappa shape index (κ2) is 3.89. The van der Waals surface area contributed by atoms with Crippen molar-refractivity contribution in [3.05, 3.63) is 32.9 Å². The van der Waals surface area contributed by atoms with Gasteiger partial charge in [-0.2, -0.15) is 0 Å². The largest absolute Gasteiger partial charge is 0.545 e. The third-order valence-corrected chi connectivity index (χ3v) is 2.55. The van der Waals surface area contributed by atoms with Crippen LogP contribution < -0.4 is 5.11 Å². The Morgan fingerprint density at radius 1 is 1.58 bits per heavy atom. The topological polar surface area (TPSA) is 40.1 Å². The number of hydrogen-bond donors (Lipinski definition) is 0. The maximum Gasteiger partial charge on any atom is 0.0725 e. The molecule has 0 fully saturated rings. The summed E-state index contributed by atoms with van der Waals surface area (Å²) in [5, 5.41) is 10.5. The maximum absolute atomic E-state index is 10.5. The molecule has 0 saturated carbocycles. The summed E-state index contributed by atoms with van der Waals surface area (Å²) in [5.74, 6) is -1.11. The molecule has 0 atom stereocenters. The molecule has 0 saturated heterocycles. The van der Waals surface area contributed by atoms with E-state index >= 15 is 0 Å². The summed E-state index contributed by atoms with van der Waals surface area (Å²) in [6.07, 6.45) is 0.920. The van der Waals surface area contributed by atoms with Crippen LogP contribution in [0.3, 0.4) is 0 Å². The first-order valence-corrected chi connectivity index (χ1v) is 4.72. The molecular formula is C9H8IO2-. The number of hydrogen-bond acceptors (Lipinski definition) is 2. The van der Waals surface area contributed by atoms with Crippen molar-refractivity contribution in [2.75, 3.05) is 0 Å². The van der Waals surface area contributed by atoms with Crippen molar-refractivity contribution in [2.45, 2.75) is 13.3 Å². The first-order valence-electron chi connectivity index (χ1n) is 3.65. The predicted octanol–water partition coefficient (Wildman–Crippen LogP) is 1.22. The van der Waals surface area contributed by atoms with Crippen molar-refractivity contribution in [2.24, 2.45) is 0 Å². The monoisotopic (exact) mass is 275 g/mol. The average Bonchev–Trinajstić information content (AvgIpc) is 2.03. The van der Waals surface area contributed by atoms with Crippen LogP contribution in [0.15, 0.2) is 18.2 Å². The van der Waals surface area contributed by atoms with E-state index in [-0.39, 0.29) is 5.56 Å². The van der Waals surface area contributed by atoms with Gasteiger partial charge in [0.1, 0.15) is 0 Å². The number of aromatic carboxylic acids is 1. The molecule has 3 heteroatoms. The predicted molar refractivity (Wildman–Crippen MR) is 52.9 cm³/mol. The van der Waals surface area contributed by atoms with Crippen LogP contribution in [0.25, 0.3) is 0 Å². The van der Waals surface area contributed by atoms with Crippen molar-refractivity contribution in [1.29, 1.82) is 0 Å². The Morgan fingerprint density at radius 2 is 2.25 bits per heavy atom. The Labute approximate surface area is 84.7 Å². The normalized spacial score (nSPS) is 9.83.